The SMILES string of the molecule is C[C@H](N)C(=O)NCCNS(C)(=O)=O. The minimum Gasteiger partial charge on any atom is -0.353 e. The largest absolute Gasteiger partial charge is 0.353 e. The number of hydrogen-bond donors (Lipinski definition) is 3. The number of hydrogen-bond acceptors (Lipinski definition) is 4. The summed E-state index contributed by atoms with van der Waals surface area (Å²) in [5, 5.41) is 2.46. The van der Waals surface area contributed by atoms with Gasteiger partial charge in [0.2, 0.25) is 15.9 Å². The Bertz CT molecular complexity index is 260. The summed E-state index contributed by atoms with van der Waals surface area (Å²) >= 11 is 0. The van der Waals surface area contributed by atoms with E-state index in [1.54, 1.807) is 6.92 Å². The minimum atomic E-state index is -3.17. The van der Waals surface area contributed by atoms with Crippen molar-refractivity contribution in [2.75, 3.05) is 19.3 Å². The van der Waals surface area contributed by atoms with Crippen LogP contribution in [0.5, 0.6) is 0 Å². The van der Waals surface area contributed by atoms with Crippen LogP contribution in [0.4, 0.5) is 0 Å². The molecule has 0 aromatic rings. The fraction of sp³-hybridized carbons (Fsp3) is 0.833. The fourth-order valence-electron chi connectivity index (χ4n) is 0.583. The lowest BCUT2D eigenvalue weighted by Crippen LogP contribution is -2.41. The van der Waals surface area contributed by atoms with Gasteiger partial charge in [0.1, 0.15) is 0 Å². The molecule has 0 aromatic carbocycles. The maximum atomic E-state index is 10.9. The molecule has 0 saturated heterocycles. The van der Waals surface area contributed by atoms with E-state index in [4.69, 9.17) is 5.73 Å². The fourth-order valence-corrected chi connectivity index (χ4v) is 1.06. The second-order valence-electron chi connectivity index (χ2n) is 2.75. The molecule has 0 saturated carbocycles. The molecule has 78 valence electrons. The van der Waals surface area contributed by atoms with Crippen LogP contribution in [0.15, 0.2) is 0 Å². The lowest BCUT2D eigenvalue weighted by Gasteiger charge is -2.07. The molecule has 0 bridgehead atoms. The van der Waals surface area contributed by atoms with Crippen LogP contribution in [0.25, 0.3) is 0 Å². The highest BCUT2D eigenvalue weighted by Gasteiger charge is 2.05. The zero-order valence-electron chi connectivity index (χ0n) is 7.70. The van der Waals surface area contributed by atoms with Crippen molar-refractivity contribution in [3.05, 3.63) is 0 Å². The molecule has 1 atom stereocenters. The predicted molar refractivity (Wildman–Crippen MR) is 49.5 cm³/mol. The Kier molecular flexibility index (Phi) is 4.89. The number of carbonyl (C=O) groups is 1. The topological polar surface area (TPSA) is 101 Å². The van der Waals surface area contributed by atoms with Crippen molar-refractivity contribution in [3.63, 3.8) is 0 Å². The first-order valence-corrected chi connectivity index (χ1v) is 5.70. The number of amides is 1. The third-order valence-electron chi connectivity index (χ3n) is 1.20. The Morgan fingerprint density at radius 1 is 1.46 bits per heavy atom. The van der Waals surface area contributed by atoms with Gasteiger partial charge in [-0.1, -0.05) is 0 Å². The van der Waals surface area contributed by atoms with E-state index in [1.165, 1.54) is 0 Å². The molecule has 0 fully saturated rings. The quantitative estimate of drug-likeness (QED) is 0.456. The zero-order valence-corrected chi connectivity index (χ0v) is 8.52. The lowest BCUT2D eigenvalue weighted by molar-refractivity contribution is -0.121. The van der Waals surface area contributed by atoms with Gasteiger partial charge in [-0.15, -0.1) is 0 Å². The Hall–Kier alpha value is -0.660. The van der Waals surface area contributed by atoms with Gasteiger partial charge in [-0.3, -0.25) is 4.79 Å². The molecule has 0 radical (unpaired) electrons. The normalized spacial score (nSPS) is 13.8. The van der Waals surface area contributed by atoms with E-state index in [0.29, 0.717) is 0 Å². The highest BCUT2D eigenvalue weighted by atomic mass is 32.2. The smallest absolute Gasteiger partial charge is 0.236 e. The lowest BCUT2D eigenvalue weighted by atomic mass is 10.3. The van der Waals surface area contributed by atoms with Gasteiger partial charge in [0.05, 0.1) is 12.3 Å². The summed E-state index contributed by atoms with van der Waals surface area (Å²) in [6.45, 7) is 1.98. The summed E-state index contributed by atoms with van der Waals surface area (Å²) in [5.74, 6) is -0.296. The average Bonchev–Trinajstić information content (AvgIpc) is 1.95. The van der Waals surface area contributed by atoms with Crippen molar-refractivity contribution in [2.24, 2.45) is 5.73 Å². The molecule has 0 aliphatic rings. The van der Waals surface area contributed by atoms with Gasteiger partial charge in [-0.25, -0.2) is 13.1 Å². The molecule has 0 heterocycles. The zero-order chi connectivity index (χ0) is 10.5. The van der Waals surface area contributed by atoms with Gasteiger partial charge in [0.15, 0.2) is 0 Å². The number of carbonyl (C=O) groups excluding carboxylic acids is 1. The van der Waals surface area contributed by atoms with Gasteiger partial charge in [0, 0.05) is 13.1 Å². The van der Waals surface area contributed by atoms with Crippen LogP contribution < -0.4 is 15.8 Å². The van der Waals surface area contributed by atoms with Gasteiger partial charge < -0.3 is 11.1 Å². The van der Waals surface area contributed by atoms with Crippen molar-refractivity contribution >= 4 is 15.9 Å². The molecule has 0 spiro atoms. The molecule has 7 heteroatoms. The van der Waals surface area contributed by atoms with Crippen molar-refractivity contribution in [1.29, 1.82) is 0 Å². The first-order chi connectivity index (χ1) is 5.83. The van der Waals surface area contributed by atoms with E-state index in [1.807, 2.05) is 0 Å². The predicted octanol–water partition coefficient (Wildman–Crippen LogP) is -2.00. The van der Waals surface area contributed by atoms with E-state index >= 15 is 0 Å². The molecule has 6 nitrogen and oxygen atoms in total. The van der Waals surface area contributed by atoms with Crippen LogP contribution in [-0.2, 0) is 14.8 Å². The first-order valence-electron chi connectivity index (χ1n) is 3.81. The first kappa shape index (κ1) is 12.3. The molecule has 4 N–H and O–H groups in total. The van der Waals surface area contributed by atoms with Gasteiger partial charge in [0.25, 0.3) is 0 Å². The Morgan fingerprint density at radius 3 is 2.38 bits per heavy atom. The highest BCUT2D eigenvalue weighted by Crippen LogP contribution is 1.75. The molecular formula is C6H15N3O3S. The maximum absolute atomic E-state index is 10.9. The van der Waals surface area contributed by atoms with Crippen LogP contribution in [-0.4, -0.2) is 39.7 Å². The van der Waals surface area contributed by atoms with Crippen molar-refractivity contribution in [1.82, 2.24) is 10.0 Å². The second-order valence-corrected chi connectivity index (χ2v) is 4.58. The van der Waals surface area contributed by atoms with Crippen molar-refractivity contribution < 1.29 is 13.2 Å². The highest BCUT2D eigenvalue weighted by molar-refractivity contribution is 7.88. The summed E-state index contributed by atoms with van der Waals surface area (Å²) in [6, 6.07) is -0.571. The van der Waals surface area contributed by atoms with Crippen molar-refractivity contribution in [2.45, 2.75) is 13.0 Å². The summed E-state index contributed by atoms with van der Waals surface area (Å²) in [7, 11) is -3.17. The van der Waals surface area contributed by atoms with E-state index in [-0.39, 0.29) is 19.0 Å². The summed E-state index contributed by atoms with van der Waals surface area (Å²) in [4.78, 5) is 10.9. The van der Waals surface area contributed by atoms with Gasteiger partial charge >= 0.3 is 0 Å². The van der Waals surface area contributed by atoms with Crippen LogP contribution in [0.2, 0.25) is 0 Å². The molecule has 0 aromatic heterocycles. The molecule has 13 heavy (non-hydrogen) atoms. The second kappa shape index (κ2) is 5.15. The van der Waals surface area contributed by atoms with Crippen LogP contribution in [0, 0.1) is 0 Å². The summed E-state index contributed by atoms with van der Waals surface area (Å²) in [6.07, 6.45) is 1.06. The van der Waals surface area contributed by atoms with Crippen LogP contribution in [0.1, 0.15) is 6.92 Å². The number of nitrogens with one attached hydrogen (secondary N) is 2. The Morgan fingerprint density at radius 2 is 2.00 bits per heavy atom. The number of sulfonamides is 1. The molecule has 0 aliphatic heterocycles. The van der Waals surface area contributed by atoms with E-state index in [9.17, 15) is 13.2 Å². The molecular weight excluding hydrogens is 194 g/mol. The number of nitrogens with two attached hydrogens (primary N) is 1. The average molecular weight is 209 g/mol. The summed E-state index contributed by atoms with van der Waals surface area (Å²) < 4.78 is 23.4. The monoisotopic (exact) mass is 209 g/mol. The van der Waals surface area contributed by atoms with Gasteiger partial charge in [-0.05, 0) is 6.92 Å². The van der Waals surface area contributed by atoms with E-state index < -0.39 is 16.1 Å². The number of rotatable bonds is 5. The van der Waals surface area contributed by atoms with Crippen LogP contribution >= 0.6 is 0 Å². The standard InChI is InChI=1S/C6H15N3O3S/c1-5(7)6(10)8-3-4-9-13(2,11)12/h5,9H,3-4,7H2,1-2H3,(H,8,10)/t5-/m0/s1. The minimum absolute atomic E-state index is 0.178. The molecule has 0 aliphatic carbocycles. The van der Waals surface area contributed by atoms with E-state index in [2.05, 4.69) is 10.0 Å². The molecule has 0 rings (SSSR count). The molecule has 0 unspecified atom stereocenters. The van der Waals surface area contributed by atoms with Crippen LogP contribution in [0.3, 0.4) is 0 Å². The summed E-state index contributed by atoms with van der Waals surface area (Å²) in [5.41, 5.74) is 5.25. The Balaban J connectivity index is 3.53. The molecule has 1 amide bonds. The maximum Gasteiger partial charge on any atom is 0.236 e. The third-order valence-corrected chi connectivity index (χ3v) is 1.93. The third kappa shape index (κ3) is 7.69. The van der Waals surface area contributed by atoms with Gasteiger partial charge in [-0.2, -0.15) is 0 Å². The van der Waals surface area contributed by atoms with Crippen molar-refractivity contribution in [3.8, 4) is 0 Å². The van der Waals surface area contributed by atoms with E-state index in [0.717, 1.165) is 6.26 Å². The Labute approximate surface area is 77.9 Å².